The minimum atomic E-state index is 0.0170. The first-order chi connectivity index (χ1) is 6.84. The summed E-state index contributed by atoms with van der Waals surface area (Å²) < 4.78 is 0. The highest BCUT2D eigenvalue weighted by Gasteiger charge is 2.21. The number of urea groups is 1. The SMILES string of the molecule is O=C(NC1CCC1)N[C@H]1CCCNC1. The summed E-state index contributed by atoms with van der Waals surface area (Å²) in [5.41, 5.74) is 0. The van der Waals surface area contributed by atoms with Crippen LogP contribution in [0.4, 0.5) is 4.79 Å². The minimum Gasteiger partial charge on any atom is -0.335 e. The molecule has 0 aromatic carbocycles. The van der Waals surface area contributed by atoms with Gasteiger partial charge in [-0.2, -0.15) is 0 Å². The van der Waals surface area contributed by atoms with Crippen molar-refractivity contribution in [2.75, 3.05) is 13.1 Å². The zero-order valence-corrected chi connectivity index (χ0v) is 8.51. The molecular weight excluding hydrogens is 178 g/mol. The lowest BCUT2D eigenvalue weighted by Crippen LogP contribution is -2.52. The number of amides is 2. The standard InChI is InChI=1S/C10H19N3O/c14-10(12-8-3-1-4-8)13-9-5-2-6-11-7-9/h8-9,11H,1-7H2,(H2,12,13,14)/t9-/m0/s1. The molecule has 0 radical (unpaired) electrons. The van der Waals surface area contributed by atoms with Gasteiger partial charge in [0.15, 0.2) is 0 Å². The Hall–Kier alpha value is -0.770. The van der Waals surface area contributed by atoms with E-state index in [2.05, 4.69) is 16.0 Å². The molecule has 1 saturated heterocycles. The summed E-state index contributed by atoms with van der Waals surface area (Å²) >= 11 is 0. The van der Waals surface area contributed by atoms with Crippen molar-refractivity contribution in [3.63, 3.8) is 0 Å². The van der Waals surface area contributed by atoms with E-state index in [0.717, 1.165) is 38.8 Å². The molecular formula is C10H19N3O. The molecule has 4 nitrogen and oxygen atoms in total. The second-order valence-electron chi connectivity index (χ2n) is 4.29. The molecule has 2 amide bonds. The first kappa shape index (κ1) is 9.77. The van der Waals surface area contributed by atoms with Crippen LogP contribution in [0.2, 0.25) is 0 Å². The minimum absolute atomic E-state index is 0.0170. The molecule has 2 aliphatic rings. The van der Waals surface area contributed by atoms with Gasteiger partial charge in [-0.05, 0) is 38.6 Å². The number of carbonyl (C=O) groups excluding carboxylic acids is 1. The molecule has 2 rings (SSSR count). The second-order valence-corrected chi connectivity index (χ2v) is 4.29. The summed E-state index contributed by atoms with van der Waals surface area (Å²) in [7, 11) is 0. The molecule has 1 atom stereocenters. The normalized spacial score (nSPS) is 27.9. The zero-order chi connectivity index (χ0) is 9.80. The van der Waals surface area contributed by atoms with Crippen molar-refractivity contribution in [3.05, 3.63) is 0 Å². The van der Waals surface area contributed by atoms with Gasteiger partial charge in [0.05, 0.1) is 0 Å². The maximum Gasteiger partial charge on any atom is 0.315 e. The summed E-state index contributed by atoms with van der Waals surface area (Å²) in [5.74, 6) is 0. The highest BCUT2D eigenvalue weighted by molar-refractivity contribution is 5.74. The van der Waals surface area contributed by atoms with Crippen LogP contribution in [0, 0.1) is 0 Å². The molecule has 4 heteroatoms. The number of hydrogen-bond acceptors (Lipinski definition) is 2. The van der Waals surface area contributed by atoms with Crippen LogP contribution >= 0.6 is 0 Å². The van der Waals surface area contributed by atoms with Gasteiger partial charge in [0, 0.05) is 18.6 Å². The number of hydrogen-bond donors (Lipinski definition) is 3. The third-order valence-corrected chi connectivity index (χ3v) is 3.07. The maximum atomic E-state index is 11.5. The average Bonchev–Trinajstić information content (AvgIpc) is 2.13. The van der Waals surface area contributed by atoms with E-state index >= 15 is 0 Å². The molecule has 1 aliphatic heterocycles. The average molecular weight is 197 g/mol. The van der Waals surface area contributed by atoms with E-state index < -0.39 is 0 Å². The summed E-state index contributed by atoms with van der Waals surface area (Å²) in [4.78, 5) is 11.5. The van der Waals surface area contributed by atoms with Crippen molar-refractivity contribution in [3.8, 4) is 0 Å². The highest BCUT2D eigenvalue weighted by atomic mass is 16.2. The third kappa shape index (κ3) is 2.61. The van der Waals surface area contributed by atoms with Crippen LogP contribution in [0.3, 0.4) is 0 Å². The molecule has 0 aromatic heterocycles. The molecule has 80 valence electrons. The van der Waals surface area contributed by atoms with Crippen molar-refractivity contribution in [1.29, 1.82) is 0 Å². The number of rotatable bonds is 2. The molecule has 1 heterocycles. The van der Waals surface area contributed by atoms with E-state index in [1.807, 2.05) is 0 Å². The lowest BCUT2D eigenvalue weighted by atomic mass is 9.93. The third-order valence-electron chi connectivity index (χ3n) is 3.07. The molecule has 0 unspecified atom stereocenters. The van der Waals surface area contributed by atoms with Crippen molar-refractivity contribution >= 4 is 6.03 Å². The fourth-order valence-corrected chi connectivity index (χ4v) is 1.94. The topological polar surface area (TPSA) is 53.2 Å². The maximum absolute atomic E-state index is 11.5. The summed E-state index contributed by atoms with van der Waals surface area (Å²) in [6.07, 6.45) is 5.82. The highest BCUT2D eigenvalue weighted by Crippen LogP contribution is 2.17. The van der Waals surface area contributed by atoms with Crippen LogP contribution in [-0.2, 0) is 0 Å². The van der Waals surface area contributed by atoms with Gasteiger partial charge >= 0.3 is 6.03 Å². The predicted molar refractivity (Wildman–Crippen MR) is 55.2 cm³/mol. The molecule has 2 fully saturated rings. The van der Waals surface area contributed by atoms with Gasteiger partial charge in [-0.1, -0.05) is 0 Å². The van der Waals surface area contributed by atoms with Crippen molar-refractivity contribution in [2.24, 2.45) is 0 Å². The zero-order valence-electron chi connectivity index (χ0n) is 8.51. The van der Waals surface area contributed by atoms with Crippen molar-refractivity contribution < 1.29 is 4.79 Å². The Kier molecular flexibility index (Phi) is 3.24. The van der Waals surface area contributed by atoms with Crippen LogP contribution < -0.4 is 16.0 Å². The first-order valence-electron chi connectivity index (χ1n) is 5.62. The fraction of sp³-hybridized carbons (Fsp3) is 0.900. The largest absolute Gasteiger partial charge is 0.335 e. The van der Waals surface area contributed by atoms with Gasteiger partial charge in [-0.3, -0.25) is 0 Å². The van der Waals surface area contributed by atoms with Crippen LogP contribution in [0.5, 0.6) is 0 Å². The van der Waals surface area contributed by atoms with Gasteiger partial charge in [0.25, 0.3) is 0 Å². The van der Waals surface area contributed by atoms with Crippen LogP contribution in [-0.4, -0.2) is 31.2 Å². The molecule has 1 saturated carbocycles. The molecule has 0 bridgehead atoms. The van der Waals surface area contributed by atoms with Gasteiger partial charge in [0.1, 0.15) is 0 Å². The van der Waals surface area contributed by atoms with Crippen LogP contribution in [0.25, 0.3) is 0 Å². The quantitative estimate of drug-likeness (QED) is 0.607. The fourth-order valence-electron chi connectivity index (χ4n) is 1.94. The Morgan fingerprint density at radius 2 is 1.79 bits per heavy atom. The van der Waals surface area contributed by atoms with Crippen molar-refractivity contribution in [1.82, 2.24) is 16.0 Å². The van der Waals surface area contributed by atoms with E-state index in [1.54, 1.807) is 0 Å². The van der Waals surface area contributed by atoms with E-state index in [4.69, 9.17) is 0 Å². The number of nitrogens with one attached hydrogen (secondary N) is 3. The lowest BCUT2D eigenvalue weighted by Gasteiger charge is -2.29. The Bertz CT molecular complexity index is 198. The van der Waals surface area contributed by atoms with Gasteiger partial charge in [-0.15, -0.1) is 0 Å². The van der Waals surface area contributed by atoms with Crippen LogP contribution in [0.1, 0.15) is 32.1 Å². The monoisotopic (exact) mass is 197 g/mol. The van der Waals surface area contributed by atoms with E-state index in [9.17, 15) is 4.79 Å². The second kappa shape index (κ2) is 4.64. The molecule has 14 heavy (non-hydrogen) atoms. The summed E-state index contributed by atoms with van der Waals surface area (Å²) in [6, 6.07) is 0.777. The summed E-state index contributed by atoms with van der Waals surface area (Å²) in [5, 5.41) is 9.27. The van der Waals surface area contributed by atoms with Gasteiger partial charge in [-0.25, -0.2) is 4.79 Å². The van der Waals surface area contributed by atoms with E-state index in [0.29, 0.717) is 12.1 Å². The van der Waals surface area contributed by atoms with Gasteiger partial charge in [0.2, 0.25) is 0 Å². The van der Waals surface area contributed by atoms with E-state index in [-0.39, 0.29) is 6.03 Å². The Labute approximate surface area is 84.8 Å². The molecule has 0 aromatic rings. The number of piperidine rings is 1. The summed E-state index contributed by atoms with van der Waals surface area (Å²) in [6.45, 7) is 2.00. The smallest absolute Gasteiger partial charge is 0.315 e. The Balaban J connectivity index is 1.64. The predicted octanol–water partition coefficient (Wildman–Crippen LogP) is 0.590. The number of carbonyl (C=O) groups is 1. The van der Waals surface area contributed by atoms with Gasteiger partial charge < -0.3 is 16.0 Å². The Morgan fingerprint density at radius 1 is 1.07 bits per heavy atom. The molecule has 3 N–H and O–H groups in total. The van der Waals surface area contributed by atoms with Crippen molar-refractivity contribution in [2.45, 2.75) is 44.2 Å². The lowest BCUT2D eigenvalue weighted by molar-refractivity contribution is 0.221. The van der Waals surface area contributed by atoms with E-state index in [1.165, 1.54) is 6.42 Å². The molecule has 1 aliphatic carbocycles. The first-order valence-corrected chi connectivity index (χ1v) is 5.62. The molecule has 0 spiro atoms. The Morgan fingerprint density at radius 3 is 2.36 bits per heavy atom. The van der Waals surface area contributed by atoms with Crippen LogP contribution in [0.15, 0.2) is 0 Å².